The fourth-order valence-electron chi connectivity index (χ4n) is 6.44. The second kappa shape index (κ2) is 7.45. The highest BCUT2D eigenvalue weighted by molar-refractivity contribution is 5.87. The zero-order chi connectivity index (χ0) is 24.5. The number of para-hydroxylation sites is 2. The van der Waals surface area contributed by atoms with E-state index in [2.05, 4.69) is 136 Å². The molecule has 7 rings (SSSR count). The fourth-order valence-corrected chi connectivity index (χ4v) is 6.44. The third-order valence-corrected chi connectivity index (χ3v) is 8.44. The Labute approximate surface area is 213 Å². The van der Waals surface area contributed by atoms with Crippen molar-refractivity contribution in [3.05, 3.63) is 143 Å². The third-order valence-electron chi connectivity index (χ3n) is 8.44. The molecule has 0 radical (unpaired) electrons. The normalized spacial score (nSPS) is 18.4. The van der Waals surface area contributed by atoms with Crippen LogP contribution >= 0.6 is 0 Å². The first-order valence-electron chi connectivity index (χ1n) is 12.7. The van der Waals surface area contributed by atoms with Crippen LogP contribution in [0, 0.1) is 0 Å². The van der Waals surface area contributed by atoms with Crippen LogP contribution in [0.3, 0.4) is 0 Å². The second-order valence-electron chi connectivity index (χ2n) is 10.7. The highest BCUT2D eigenvalue weighted by Crippen LogP contribution is 2.55. The average Bonchev–Trinajstić information content (AvgIpc) is 3.18. The summed E-state index contributed by atoms with van der Waals surface area (Å²) in [5.74, 6) is 1.92. The van der Waals surface area contributed by atoms with Crippen LogP contribution in [0.2, 0.25) is 0 Å². The molecular formula is C35H28O. The van der Waals surface area contributed by atoms with Crippen molar-refractivity contribution in [2.75, 3.05) is 0 Å². The first-order chi connectivity index (χ1) is 17.5. The lowest BCUT2D eigenvalue weighted by Gasteiger charge is -2.35. The van der Waals surface area contributed by atoms with E-state index in [1.54, 1.807) is 0 Å². The zero-order valence-electron chi connectivity index (χ0n) is 20.9. The quantitative estimate of drug-likeness (QED) is 0.253. The van der Waals surface area contributed by atoms with Gasteiger partial charge >= 0.3 is 0 Å². The van der Waals surface area contributed by atoms with Crippen LogP contribution in [0.1, 0.15) is 48.6 Å². The SMILES string of the molecule is CC1(C)c2ccccc2Oc2c(-c3ccc4c(c3)C(C)(c3ccccc3)c3ccccc3-4)cccc21. The molecule has 2 aliphatic rings. The standard InChI is InChI=1S/C35H28O/c1-34(2)29-17-9-10-19-32(29)36-33-25(15-11-18-30(33)34)23-20-21-27-26-14-7-8-16-28(26)35(3,31(27)22-23)24-12-5-4-6-13-24/h4-22H,1-3H3. The predicted octanol–water partition coefficient (Wildman–Crippen LogP) is 9.12. The van der Waals surface area contributed by atoms with Crippen molar-refractivity contribution in [1.29, 1.82) is 0 Å². The lowest BCUT2D eigenvalue weighted by Crippen LogP contribution is -2.24. The Morgan fingerprint density at radius 3 is 1.97 bits per heavy atom. The molecular weight excluding hydrogens is 436 g/mol. The minimum atomic E-state index is -0.217. The first-order valence-corrected chi connectivity index (χ1v) is 12.7. The Morgan fingerprint density at radius 1 is 0.500 bits per heavy atom. The average molecular weight is 465 g/mol. The molecule has 0 aromatic heterocycles. The molecule has 1 unspecified atom stereocenters. The molecule has 1 atom stereocenters. The Morgan fingerprint density at radius 2 is 1.14 bits per heavy atom. The number of benzene rings is 5. The maximum Gasteiger partial charge on any atom is 0.139 e. The van der Waals surface area contributed by atoms with Gasteiger partial charge in [0.05, 0.1) is 0 Å². The van der Waals surface area contributed by atoms with Crippen molar-refractivity contribution in [1.82, 2.24) is 0 Å². The molecule has 1 aliphatic heterocycles. The zero-order valence-corrected chi connectivity index (χ0v) is 20.9. The van der Waals surface area contributed by atoms with Crippen molar-refractivity contribution in [2.45, 2.75) is 31.6 Å². The molecule has 5 aromatic carbocycles. The molecule has 36 heavy (non-hydrogen) atoms. The van der Waals surface area contributed by atoms with Crippen LogP contribution in [-0.4, -0.2) is 0 Å². The summed E-state index contributed by atoms with van der Waals surface area (Å²) in [7, 11) is 0. The van der Waals surface area contributed by atoms with E-state index < -0.39 is 0 Å². The van der Waals surface area contributed by atoms with Gasteiger partial charge in [-0.3, -0.25) is 0 Å². The maximum absolute atomic E-state index is 6.62. The number of hydrogen-bond acceptors (Lipinski definition) is 1. The van der Waals surface area contributed by atoms with E-state index in [0.29, 0.717) is 0 Å². The Balaban J connectivity index is 1.45. The highest BCUT2D eigenvalue weighted by atomic mass is 16.5. The maximum atomic E-state index is 6.62. The summed E-state index contributed by atoms with van der Waals surface area (Å²) in [5, 5.41) is 0. The molecule has 1 heterocycles. The van der Waals surface area contributed by atoms with Crippen LogP contribution < -0.4 is 4.74 Å². The summed E-state index contributed by atoms with van der Waals surface area (Å²) < 4.78 is 6.62. The number of hydrogen-bond donors (Lipinski definition) is 0. The van der Waals surface area contributed by atoms with Gasteiger partial charge in [-0.1, -0.05) is 117 Å². The lowest BCUT2D eigenvalue weighted by atomic mass is 9.73. The molecule has 0 spiro atoms. The van der Waals surface area contributed by atoms with E-state index in [0.717, 1.165) is 17.1 Å². The molecule has 0 amide bonds. The van der Waals surface area contributed by atoms with Crippen molar-refractivity contribution >= 4 is 0 Å². The second-order valence-corrected chi connectivity index (χ2v) is 10.7. The van der Waals surface area contributed by atoms with Gasteiger partial charge in [-0.15, -0.1) is 0 Å². The monoisotopic (exact) mass is 464 g/mol. The Bertz CT molecular complexity index is 1640. The summed E-state index contributed by atoms with van der Waals surface area (Å²) in [5.41, 5.74) is 11.1. The van der Waals surface area contributed by atoms with Crippen molar-refractivity contribution in [2.24, 2.45) is 0 Å². The molecule has 0 N–H and O–H groups in total. The molecule has 1 aliphatic carbocycles. The van der Waals surface area contributed by atoms with Gasteiger partial charge in [0, 0.05) is 27.5 Å². The van der Waals surface area contributed by atoms with Crippen LogP contribution in [0.5, 0.6) is 11.5 Å². The molecule has 1 nitrogen and oxygen atoms in total. The molecule has 0 bridgehead atoms. The van der Waals surface area contributed by atoms with Gasteiger partial charge in [-0.25, -0.2) is 0 Å². The van der Waals surface area contributed by atoms with Crippen molar-refractivity contribution in [3.8, 4) is 33.8 Å². The number of rotatable bonds is 2. The molecule has 5 aromatic rings. The molecule has 1 heteroatoms. The summed E-state index contributed by atoms with van der Waals surface area (Å²) in [6.45, 7) is 6.96. The topological polar surface area (TPSA) is 9.23 Å². The largest absolute Gasteiger partial charge is 0.456 e. The van der Waals surface area contributed by atoms with Crippen molar-refractivity contribution in [3.63, 3.8) is 0 Å². The lowest BCUT2D eigenvalue weighted by molar-refractivity contribution is 0.419. The minimum absolute atomic E-state index is 0.133. The predicted molar refractivity (Wildman–Crippen MR) is 148 cm³/mol. The van der Waals surface area contributed by atoms with Crippen molar-refractivity contribution < 1.29 is 4.74 Å². The van der Waals surface area contributed by atoms with E-state index in [-0.39, 0.29) is 10.8 Å². The van der Waals surface area contributed by atoms with E-state index >= 15 is 0 Å². The first kappa shape index (κ1) is 21.2. The van der Waals surface area contributed by atoms with E-state index in [4.69, 9.17) is 4.74 Å². The van der Waals surface area contributed by atoms with Gasteiger partial charge in [-0.2, -0.15) is 0 Å². The van der Waals surface area contributed by atoms with E-state index in [1.807, 2.05) is 0 Å². The number of fused-ring (bicyclic) bond motifs is 5. The number of ether oxygens (including phenoxy) is 1. The van der Waals surface area contributed by atoms with Crippen LogP contribution in [0.25, 0.3) is 22.3 Å². The van der Waals surface area contributed by atoms with Gasteiger partial charge < -0.3 is 4.74 Å². The highest BCUT2D eigenvalue weighted by Gasteiger charge is 2.41. The Kier molecular flexibility index (Phi) is 4.39. The molecule has 0 saturated heterocycles. The van der Waals surface area contributed by atoms with E-state index in [9.17, 15) is 0 Å². The summed E-state index contributed by atoms with van der Waals surface area (Å²) in [4.78, 5) is 0. The van der Waals surface area contributed by atoms with Gasteiger partial charge in [0.2, 0.25) is 0 Å². The summed E-state index contributed by atoms with van der Waals surface area (Å²) in [6.07, 6.45) is 0. The van der Waals surface area contributed by atoms with Crippen LogP contribution in [0.4, 0.5) is 0 Å². The van der Waals surface area contributed by atoms with Gasteiger partial charge in [0.1, 0.15) is 11.5 Å². The van der Waals surface area contributed by atoms with Gasteiger partial charge in [0.15, 0.2) is 0 Å². The van der Waals surface area contributed by atoms with Crippen LogP contribution in [-0.2, 0) is 10.8 Å². The minimum Gasteiger partial charge on any atom is -0.456 e. The summed E-state index contributed by atoms with van der Waals surface area (Å²) >= 11 is 0. The van der Waals surface area contributed by atoms with E-state index in [1.165, 1.54) is 44.5 Å². The Hall–Kier alpha value is -4.10. The summed E-state index contributed by atoms with van der Waals surface area (Å²) in [6, 6.07) is 41.7. The van der Waals surface area contributed by atoms with Gasteiger partial charge in [0.25, 0.3) is 0 Å². The smallest absolute Gasteiger partial charge is 0.139 e. The van der Waals surface area contributed by atoms with Gasteiger partial charge in [-0.05, 0) is 52.4 Å². The fraction of sp³-hybridized carbons (Fsp3) is 0.143. The molecule has 0 saturated carbocycles. The molecule has 0 fully saturated rings. The third kappa shape index (κ3) is 2.77. The molecule has 174 valence electrons. The van der Waals surface area contributed by atoms with Crippen LogP contribution in [0.15, 0.2) is 115 Å².